The van der Waals surface area contributed by atoms with E-state index in [1.807, 2.05) is 30.3 Å². The monoisotopic (exact) mass is 259 g/mol. The van der Waals surface area contributed by atoms with Crippen LogP contribution in [0.1, 0.15) is 33.6 Å². The van der Waals surface area contributed by atoms with Gasteiger partial charge >= 0.3 is 0 Å². The van der Waals surface area contributed by atoms with E-state index in [4.69, 9.17) is 5.73 Å². The molecule has 1 aromatic rings. The van der Waals surface area contributed by atoms with Crippen LogP contribution in [0.25, 0.3) is 0 Å². The lowest BCUT2D eigenvalue weighted by molar-refractivity contribution is 0.148. The second-order valence-electron chi connectivity index (χ2n) is 6.43. The number of hydrogen-bond acceptors (Lipinski definition) is 1. The van der Waals surface area contributed by atoms with E-state index in [-0.39, 0.29) is 0 Å². The van der Waals surface area contributed by atoms with E-state index in [2.05, 4.69) is 30.7 Å². The van der Waals surface area contributed by atoms with E-state index >= 15 is 0 Å². The van der Waals surface area contributed by atoms with Crippen LogP contribution in [0.3, 0.4) is 0 Å². The Morgan fingerprint density at radius 2 is 1.74 bits per heavy atom. The second-order valence-corrected chi connectivity index (χ2v) is 6.43. The van der Waals surface area contributed by atoms with Gasteiger partial charge in [0, 0.05) is 13.1 Å². The summed E-state index contributed by atoms with van der Waals surface area (Å²) in [6.07, 6.45) is 2.41. The third-order valence-electron chi connectivity index (χ3n) is 4.04. The summed E-state index contributed by atoms with van der Waals surface area (Å²) in [4.78, 5) is 6.69. The maximum atomic E-state index is 6.11. The van der Waals surface area contributed by atoms with Gasteiger partial charge in [-0.2, -0.15) is 0 Å². The van der Waals surface area contributed by atoms with Crippen LogP contribution in [-0.2, 0) is 0 Å². The average Bonchev–Trinajstić information content (AvgIpc) is 2.39. The van der Waals surface area contributed by atoms with Gasteiger partial charge in [0.15, 0.2) is 5.96 Å². The molecule has 0 unspecified atom stereocenters. The Bertz CT molecular complexity index is 423. The first-order valence-electron chi connectivity index (χ1n) is 7.11. The van der Waals surface area contributed by atoms with Crippen molar-refractivity contribution in [1.82, 2.24) is 4.90 Å². The van der Waals surface area contributed by atoms with Crippen molar-refractivity contribution in [2.45, 2.75) is 33.6 Å². The molecule has 3 nitrogen and oxygen atoms in total. The fourth-order valence-corrected chi connectivity index (χ4v) is 2.68. The fourth-order valence-electron chi connectivity index (χ4n) is 2.68. The zero-order valence-electron chi connectivity index (χ0n) is 12.3. The summed E-state index contributed by atoms with van der Waals surface area (Å²) in [7, 11) is 0. The standard InChI is InChI=1S/C16H25N3/c1-16(2,3)13-9-11-19(12-10-13)15(17)18-14-7-5-4-6-8-14/h4-8,13H,9-12H2,1-3H3,(H2,17,18). The topological polar surface area (TPSA) is 41.6 Å². The highest BCUT2D eigenvalue weighted by Crippen LogP contribution is 2.34. The molecule has 0 aromatic heterocycles. The van der Waals surface area contributed by atoms with Crippen LogP contribution in [-0.4, -0.2) is 23.9 Å². The van der Waals surface area contributed by atoms with Gasteiger partial charge in [-0.25, -0.2) is 4.99 Å². The molecule has 2 N–H and O–H groups in total. The maximum absolute atomic E-state index is 6.11. The SMILES string of the molecule is CC(C)(C)C1CCN(C(N)=Nc2ccccc2)CC1. The van der Waals surface area contributed by atoms with E-state index in [0.29, 0.717) is 11.4 Å². The summed E-state index contributed by atoms with van der Waals surface area (Å²) < 4.78 is 0. The quantitative estimate of drug-likeness (QED) is 0.620. The number of piperidine rings is 1. The molecule has 0 bridgehead atoms. The van der Waals surface area contributed by atoms with Crippen LogP contribution in [0, 0.1) is 11.3 Å². The summed E-state index contributed by atoms with van der Waals surface area (Å²) in [6.45, 7) is 9.02. The zero-order valence-corrected chi connectivity index (χ0v) is 12.3. The molecule has 1 saturated heterocycles. The molecule has 1 aromatic carbocycles. The molecule has 1 aliphatic rings. The summed E-state index contributed by atoms with van der Waals surface area (Å²) in [5.74, 6) is 1.44. The van der Waals surface area contributed by atoms with Gasteiger partial charge in [-0.05, 0) is 36.3 Å². The number of likely N-dealkylation sites (tertiary alicyclic amines) is 1. The van der Waals surface area contributed by atoms with Crippen LogP contribution in [0.15, 0.2) is 35.3 Å². The minimum absolute atomic E-state index is 0.400. The van der Waals surface area contributed by atoms with Crippen molar-refractivity contribution < 1.29 is 0 Å². The molecule has 104 valence electrons. The molecule has 2 rings (SSSR count). The van der Waals surface area contributed by atoms with Crippen molar-refractivity contribution >= 4 is 11.6 Å². The van der Waals surface area contributed by atoms with Gasteiger partial charge in [-0.1, -0.05) is 39.0 Å². The lowest BCUT2D eigenvalue weighted by Gasteiger charge is -2.39. The predicted molar refractivity (Wildman–Crippen MR) is 81.5 cm³/mol. The molecule has 0 aliphatic carbocycles. The van der Waals surface area contributed by atoms with Gasteiger partial charge in [0.1, 0.15) is 0 Å². The van der Waals surface area contributed by atoms with E-state index in [1.165, 1.54) is 12.8 Å². The Balaban J connectivity index is 1.96. The molecule has 0 atom stereocenters. The van der Waals surface area contributed by atoms with Crippen LogP contribution < -0.4 is 5.73 Å². The molecular formula is C16H25N3. The van der Waals surface area contributed by atoms with Crippen molar-refractivity contribution in [2.75, 3.05) is 13.1 Å². The van der Waals surface area contributed by atoms with E-state index in [0.717, 1.165) is 24.7 Å². The zero-order chi connectivity index (χ0) is 13.9. The van der Waals surface area contributed by atoms with Crippen molar-refractivity contribution in [3.63, 3.8) is 0 Å². The summed E-state index contributed by atoms with van der Waals surface area (Å²) in [5, 5.41) is 0. The van der Waals surface area contributed by atoms with Crippen molar-refractivity contribution in [3.8, 4) is 0 Å². The summed E-state index contributed by atoms with van der Waals surface area (Å²) >= 11 is 0. The van der Waals surface area contributed by atoms with Gasteiger partial charge in [-0.15, -0.1) is 0 Å². The van der Waals surface area contributed by atoms with E-state index in [9.17, 15) is 0 Å². The molecule has 0 amide bonds. The molecule has 0 saturated carbocycles. The first-order valence-corrected chi connectivity index (χ1v) is 7.11. The number of nitrogens with zero attached hydrogens (tertiary/aromatic N) is 2. The molecule has 1 fully saturated rings. The highest BCUT2D eigenvalue weighted by Gasteiger charge is 2.29. The normalized spacial score (nSPS) is 18.7. The number of para-hydroxylation sites is 1. The highest BCUT2D eigenvalue weighted by atomic mass is 15.3. The lowest BCUT2D eigenvalue weighted by Crippen LogP contribution is -2.44. The maximum Gasteiger partial charge on any atom is 0.196 e. The fraction of sp³-hybridized carbons (Fsp3) is 0.562. The van der Waals surface area contributed by atoms with Gasteiger partial charge in [0.2, 0.25) is 0 Å². The van der Waals surface area contributed by atoms with Gasteiger partial charge in [-0.3, -0.25) is 0 Å². The summed E-state index contributed by atoms with van der Waals surface area (Å²) in [6, 6.07) is 9.92. The van der Waals surface area contributed by atoms with Crippen molar-refractivity contribution in [2.24, 2.45) is 22.1 Å². The molecule has 0 radical (unpaired) electrons. The van der Waals surface area contributed by atoms with Gasteiger partial charge in [0.25, 0.3) is 0 Å². The minimum atomic E-state index is 0.400. The van der Waals surface area contributed by atoms with Crippen LogP contribution >= 0.6 is 0 Å². The van der Waals surface area contributed by atoms with Gasteiger partial charge < -0.3 is 10.6 Å². The number of aliphatic imine (C=N–C) groups is 1. The predicted octanol–water partition coefficient (Wildman–Crippen LogP) is 3.39. The van der Waals surface area contributed by atoms with Crippen LogP contribution in [0.5, 0.6) is 0 Å². The van der Waals surface area contributed by atoms with Crippen molar-refractivity contribution in [1.29, 1.82) is 0 Å². The Labute approximate surface area is 116 Å². The summed E-state index contributed by atoms with van der Waals surface area (Å²) in [5.41, 5.74) is 7.44. The Hall–Kier alpha value is -1.51. The highest BCUT2D eigenvalue weighted by molar-refractivity contribution is 5.81. The number of benzene rings is 1. The third-order valence-corrected chi connectivity index (χ3v) is 4.04. The van der Waals surface area contributed by atoms with Crippen molar-refractivity contribution in [3.05, 3.63) is 30.3 Å². The Kier molecular flexibility index (Phi) is 4.13. The van der Waals surface area contributed by atoms with Crippen LogP contribution in [0.2, 0.25) is 0 Å². The molecular weight excluding hydrogens is 234 g/mol. The largest absolute Gasteiger partial charge is 0.369 e. The molecule has 1 aliphatic heterocycles. The second kappa shape index (κ2) is 5.64. The molecule has 1 heterocycles. The molecule has 0 spiro atoms. The van der Waals surface area contributed by atoms with Gasteiger partial charge in [0.05, 0.1) is 5.69 Å². The van der Waals surface area contributed by atoms with E-state index in [1.54, 1.807) is 0 Å². The van der Waals surface area contributed by atoms with E-state index < -0.39 is 0 Å². The Morgan fingerprint density at radius 1 is 1.16 bits per heavy atom. The lowest BCUT2D eigenvalue weighted by atomic mass is 9.75. The number of nitrogens with two attached hydrogens (primary N) is 1. The minimum Gasteiger partial charge on any atom is -0.369 e. The first-order chi connectivity index (χ1) is 8.97. The number of guanidine groups is 1. The van der Waals surface area contributed by atoms with Crippen LogP contribution in [0.4, 0.5) is 5.69 Å². The number of rotatable bonds is 1. The molecule has 19 heavy (non-hydrogen) atoms. The number of hydrogen-bond donors (Lipinski definition) is 1. The average molecular weight is 259 g/mol. The third kappa shape index (κ3) is 3.72. The first kappa shape index (κ1) is 13.9. The smallest absolute Gasteiger partial charge is 0.196 e. The Morgan fingerprint density at radius 3 is 2.26 bits per heavy atom. The molecule has 3 heteroatoms.